The maximum atomic E-state index is 12.9. The van der Waals surface area contributed by atoms with Gasteiger partial charge >= 0.3 is 0 Å². The summed E-state index contributed by atoms with van der Waals surface area (Å²) >= 11 is 0. The quantitative estimate of drug-likeness (QED) is 0.557. The molecule has 2 aliphatic heterocycles. The van der Waals surface area contributed by atoms with Crippen LogP contribution < -0.4 is 4.74 Å². The van der Waals surface area contributed by atoms with Crippen molar-refractivity contribution in [1.82, 2.24) is 19.6 Å². The summed E-state index contributed by atoms with van der Waals surface area (Å²) in [7, 11) is 1.66. The number of rotatable bonds is 5. The Kier molecular flexibility index (Phi) is 5.64. The molecule has 0 N–H and O–H groups in total. The van der Waals surface area contributed by atoms with Gasteiger partial charge in [-0.05, 0) is 84.5 Å². The smallest absolute Gasteiger partial charge is 0.226 e. The number of ether oxygens (including phenoxy) is 1. The van der Waals surface area contributed by atoms with Gasteiger partial charge in [0.25, 0.3) is 0 Å². The number of likely N-dealkylation sites (tertiary alicyclic amines) is 2. The third-order valence-corrected chi connectivity index (χ3v) is 8.36. The van der Waals surface area contributed by atoms with Crippen molar-refractivity contribution in [3.8, 4) is 11.4 Å². The van der Waals surface area contributed by atoms with Crippen LogP contribution in [0.5, 0.6) is 5.75 Å². The van der Waals surface area contributed by atoms with E-state index in [-0.39, 0.29) is 5.91 Å². The van der Waals surface area contributed by atoms with Gasteiger partial charge in [0, 0.05) is 38.4 Å². The third-order valence-electron chi connectivity index (χ3n) is 8.36. The first-order valence-corrected chi connectivity index (χ1v) is 12.8. The van der Waals surface area contributed by atoms with Crippen LogP contribution in [0.1, 0.15) is 47.6 Å². The minimum Gasteiger partial charge on any atom is -0.497 e. The highest BCUT2D eigenvalue weighted by Gasteiger charge is 2.48. The summed E-state index contributed by atoms with van der Waals surface area (Å²) in [6.07, 6.45) is 9.06. The fraction of sp³-hybridized carbons (Fsp3) is 0.448. The number of methoxy groups -OCH3 is 1. The summed E-state index contributed by atoms with van der Waals surface area (Å²) in [4.78, 5) is 17.6. The normalized spacial score (nSPS) is 21.1. The second-order valence-electron chi connectivity index (χ2n) is 10.7. The van der Waals surface area contributed by atoms with E-state index in [4.69, 9.17) is 4.74 Å². The van der Waals surface area contributed by atoms with Gasteiger partial charge in [-0.25, -0.2) is 4.68 Å². The maximum absolute atomic E-state index is 12.9. The van der Waals surface area contributed by atoms with Crippen molar-refractivity contribution in [1.29, 1.82) is 0 Å². The van der Waals surface area contributed by atoms with E-state index in [1.807, 2.05) is 35.1 Å². The zero-order chi connectivity index (χ0) is 24.0. The Morgan fingerprint density at radius 2 is 1.89 bits per heavy atom. The van der Waals surface area contributed by atoms with Gasteiger partial charge in [-0.2, -0.15) is 5.10 Å². The second-order valence-corrected chi connectivity index (χ2v) is 10.7. The summed E-state index contributed by atoms with van der Waals surface area (Å²) in [6, 6.07) is 15.2. The highest BCUT2D eigenvalue weighted by Crippen LogP contribution is 2.48. The Hall–Kier alpha value is -3.12. The van der Waals surface area contributed by atoms with E-state index in [0.29, 0.717) is 17.9 Å². The van der Waals surface area contributed by atoms with E-state index >= 15 is 0 Å². The van der Waals surface area contributed by atoms with Gasteiger partial charge in [-0.15, -0.1) is 0 Å². The van der Waals surface area contributed by atoms with Crippen LogP contribution in [0.25, 0.3) is 5.69 Å². The van der Waals surface area contributed by atoms with Gasteiger partial charge in [-0.1, -0.05) is 18.2 Å². The number of benzene rings is 2. The number of carbonyl (C=O) groups excluding carboxylic acids is 1. The lowest BCUT2D eigenvalue weighted by molar-refractivity contribution is -0.136. The van der Waals surface area contributed by atoms with Gasteiger partial charge in [-0.3, -0.25) is 9.69 Å². The monoisotopic (exact) mass is 470 g/mol. The number of amides is 1. The van der Waals surface area contributed by atoms with Crippen LogP contribution in [-0.4, -0.2) is 58.8 Å². The highest BCUT2D eigenvalue weighted by atomic mass is 16.5. The molecule has 1 spiro atoms. The van der Waals surface area contributed by atoms with Gasteiger partial charge in [0.2, 0.25) is 5.91 Å². The van der Waals surface area contributed by atoms with Crippen LogP contribution in [-0.2, 0) is 17.6 Å². The minimum absolute atomic E-state index is 0.245. The summed E-state index contributed by atoms with van der Waals surface area (Å²) < 4.78 is 7.20. The summed E-state index contributed by atoms with van der Waals surface area (Å²) in [5.74, 6) is 1.07. The van der Waals surface area contributed by atoms with E-state index in [0.717, 1.165) is 62.4 Å². The Morgan fingerprint density at radius 3 is 2.57 bits per heavy atom. The van der Waals surface area contributed by atoms with E-state index in [1.165, 1.54) is 23.1 Å². The summed E-state index contributed by atoms with van der Waals surface area (Å²) in [5.41, 5.74) is 6.76. The first-order valence-electron chi connectivity index (χ1n) is 12.8. The molecule has 3 aromatic rings. The molecule has 6 rings (SSSR count). The lowest BCUT2D eigenvalue weighted by atomic mass is 9.71. The average Bonchev–Trinajstić information content (AvgIpc) is 3.49. The van der Waals surface area contributed by atoms with Gasteiger partial charge in [0.05, 0.1) is 25.4 Å². The van der Waals surface area contributed by atoms with Crippen molar-refractivity contribution in [3.63, 3.8) is 0 Å². The number of fused-ring (bicyclic) bond motifs is 1. The minimum atomic E-state index is 0.245. The highest BCUT2D eigenvalue weighted by molar-refractivity contribution is 5.79. The zero-order valence-corrected chi connectivity index (χ0v) is 20.7. The molecule has 1 aromatic heterocycles. The average molecular weight is 471 g/mol. The molecule has 0 saturated carbocycles. The number of hydrogen-bond donors (Lipinski definition) is 0. The number of nitrogens with zero attached hydrogens (tertiary/aromatic N) is 4. The third kappa shape index (κ3) is 4.25. The van der Waals surface area contributed by atoms with Crippen molar-refractivity contribution in [2.75, 3.05) is 33.3 Å². The Morgan fingerprint density at radius 1 is 1.11 bits per heavy atom. The Balaban J connectivity index is 1.03. The molecule has 35 heavy (non-hydrogen) atoms. The largest absolute Gasteiger partial charge is 0.497 e. The SMILES string of the molecule is COc1ccc(CC(=O)N2CCC3(CC2)CN(C2CCc4cc(-n5cc(C)cn5)ccc42)C3)cc1. The first kappa shape index (κ1) is 22.4. The molecule has 182 valence electrons. The van der Waals surface area contributed by atoms with Gasteiger partial charge in [0.15, 0.2) is 0 Å². The number of aryl methyl sites for hydroxylation is 2. The molecule has 0 radical (unpaired) electrons. The van der Waals surface area contributed by atoms with E-state index in [2.05, 4.69) is 46.2 Å². The molecular formula is C29H34N4O2. The van der Waals surface area contributed by atoms with Crippen molar-refractivity contribution in [3.05, 3.63) is 77.1 Å². The molecule has 1 amide bonds. The van der Waals surface area contributed by atoms with Crippen LogP contribution in [0.4, 0.5) is 0 Å². The fourth-order valence-electron chi connectivity index (χ4n) is 6.27. The van der Waals surface area contributed by atoms with Crippen molar-refractivity contribution in [2.45, 2.75) is 45.1 Å². The molecule has 2 aromatic carbocycles. The molecule has 1 unspecified atom stereocenters. The Bertz CT molecular complexity index is 1220. The standard InChI is InChI=1S/C29H34N4O2/c1-21-17-30-33(18-21)24-6-9-26-23(16-24)5-10-27(26)32-19-29(20-32)11-13-31(14-12-29)28(34)15-22-3-7-25(35-2)8-4-22/h3-4,6-9,16-18,27H,5,10-15,19-20H2,1-2H3. The molecule has 1 atom stereocenters. The molecule has 2 saturated heterocycles. The zero-order valence-electron chi connectivity index (χ0n) is 20.7. The lowest BCUT2D eigenvalue weighted by Crippen LogP contribution is -2.61. The van der Waals surface area contributed by atoms with Crippen molar-refractivity contribution >= 4 is 5.91 Å². The maximum Gasteiger partial charge on any atom is 0.226 e. The molecule has 6 heteroatoms. The fourth-order valence-corrected chi connectivity index (χ4v) is 6.27. The number of carbonyl (C=O) groups is 1. The molecule has 2 fully saturated rings. The number of hydrogen-bond acceptors (Lipinski definition) is 4. The molecule has 3 aliphatic rings. The second kappa shape index (κ2) is 8.83. The summed E-state index contributed by atoms with van der Waals surface area (Å²) in [5, 5.41) is 4.47. The van der Waals surface area contributed by atoms with Crippen molar-refractivity contribution < 1.29 is 9.53 Å². The Labute approximate surface area is 207 Å². The predicted molar refractivity (Wildman–Crippen MR) is 136 cm³/mol. The lowest BCUT2D eigenvalue weighted by Gasteiger charge is -2.56. The topological polar surface area (TPSA) is 50.6 Å². The van der Waals surface area contributed by atoms with Gasteiger partial charge in [0.1, 0.15) is 5.75 Å². The predicted octanol–water partition coefficient (Wildman–Crippen LogP) is 4.34. The molecular weight excluding hydrogens is 436 g/mol. The van der Waals surface area contributed by atoms with E-state index < -0.39 is 0 Å². The number of piperidine rings is 1. The van der Waals surface area contributed by atoms with E-state index in [1.54, 1.807) is 7.11 Å². The van der Waals surface area contributed by atoms with E-state index in [9.17, 15) is 4.79 Å². The molecule has 3 heterocycles. The van der Waals surface area contributed by atoms with Crippen LogP contribution >= 0.6 is 0 Å². The molecule has 0 bridgehead atoms. The van der Waals surface area contributed by atoms with Gasteiger partial charge < -0.3 is 9.64 Å². The van der Waals surface area contributed by atoms with Crippen LogP contribution in [0.3, 0.4) is 0 Å². The number of aromatic nitrogens is 2. The summed E-state index contributed by atoms with van der Waals surface area (Å²) in [6.45, 7) is 6.18. The van der Waals surface area contributed by atoms with Crippen LogP contribution in [0.2, 0.25) is 0 Å². The molecule has 6 nitrogen and oxygen atoms in total. The van der Waals surface area contributed by atoms with Crippen LogP contribution in [0.15, 0.2) is 54.9 Å². The van der Waals surface area contributed by atoms with Crippen molar-refractivity contribution in [2.24, 2.45) is 5.41 Å². The van der Waals surface area contributed by atoms with Crippen LogP contribution in [0, 0.1) is 12.3 Å². The first-order chi connectivity index (χ1) is 17.0. The molecule has 1 aliphatic carbocycles.